The zero-order valence-corrected chi connectivity index (χ0v) is 31.8. The summed E-state index contributed by atoms with van der Waals surface area (Å²) >= 11 is 3.74. The van der Waals surface area contributed by atoms with Gasteiger partial charge in [-0.3, -0.25) is 0 Å². The molecule has 4 heteroatoms. The molecule has 3 aromatic heterocycles. The van der Waals surface area contributed by atoms with E-state index < -0.39 is 0 Å². The molecule has 0 unspecified atom stereocenters. The molecule has 1 N–H and O–H groups in total. The van der Waals surface area contributed by atoms with Crippen LogP contribution in [0, 0.1) is 0 Å². The maximum Gasteiger partial charge on any atom is 0.0619 e. The predicted molar refractivity (Wildman–Crippen MR) is 245 cm³/mol. The zero-order chi connectivity index (χ0) is 36.7. The van der Waals surface area contributed by atoms with Gasteiger partial charge in [0.1, 0.15) is 0 Å². The first kappa shape index (κ1) is 31.6. The van der Waals surface area contributed by atoms with Crippen LogP contribution in [0.2, 0.25) is 0 Å². The van der Waals surface area contributed by atoms with E-state index in [1.165, 1.54) is 95.2 Å². The summed E-state index contributed by atoms with van der Waals surface area (Å²) in [6, 6.07) is 69.1. The Morgan fingerprint density at radius 1 is 0.375 bits per heavy atom. The molecular weight excluding hydrogens is 717 g/mol. The Hall–Kier alpha value is -6.72. The molecule has 0 aliphatic carbocycles. The summed E-state index contributed by atoms with van der Waals surface area (Å²) in [7, 11) is 0. The third-order valence-corrected chi connectivity index (χ3v) is 13.8. The molecule has 3 heterocycles. The normalized spacial score (nSPS) is 11.9. The van der Waals surface area contributed by atoms with Gasteiger partial charge in [0.2, 0.25) is 0 Å². The van der Waals surface area contributed by atoms with E-state index in [2.05, 4.69) is 198 Å². The van der Waals surface area contributed by atoms with E-state index in [1.54, 1.807) is 0 Å². The van der Waals surface area contributed by atoms with E-state index in [0.29, 0.717) is 0 Å². The first-order chi connectivity index (χ1) is 27.8. The van der Waals surface area contributed by atoms with Crippen molar-refractivity contribution in [3.05, 3.63) is 188 Å². The molecule has 0 aliphatic heterocycles. The number of benzene rings is 9. The highest BCUT2D eigenvalue weighted by Crippen LogP contribution is 2.48. The fourth-order valence-corrected chi connectivity index (χ4v) is 11.3. The Labute approximate surface area is 331 Å². The Bertz CT molecular complexity index is 3510. The highest BCUT2D eigenvalue weighted by molar-refractivity contribution is 7.26. The van der Waals surface area contributed by atoms with Crippen LogP contribution in [0.3, 0.4) is 0 Å². The number of rotatable bonds is 5. The minimum Gasteiger partial charge on any atom is -0.354 e. The van der Waals surface area contributed by atoms with Gasteiger partial charge in [-0.2, -0.15) is 0 Å². The molecule has 0 fully saturated rings. The summed E-state index contributed by atoms with van der Waals surface area (Å²) in [6.45, 7) is 0. The molecule has 0 spiro atoms. The largest absolute Gasteiger partial charge is 0.354 e. The Morgan fingerprint density at radius 3 is 1.82 bits per heavy atom. The molecule has 56 heavy (non-hydrogen) atoms. The van der Waals surface area contributed by atoms with E-state index in [1.807, 2.05) is 22.7 Å². The van der Waals surface area contributed by atoms with Crippen LogP contribution < -0.4 is 5.32 Å². The van der Waals surface area contributed by atoms with Crippen LogP contribution in [0.15, 0.2) is 188 Å². The van der Waals surface area contributed by atoms with Gasteiger partial charge in [0.15, 0.2) is 0 Å². The number of nitrogens with one attached hydrogen (secondary N) is 1. The van der Waals surface area contributed by atoms with Crippen molar-refractivity contribution in [2.75, 3.05) is 5.32 Å². The molecule has 2 nitrogen and oxygen atoms in total. The van der Waals surface area contributed by atoms with Crippen LogP contribution in [0.4, 0.5) is 11.4 Å². The number of anilines is 2. The molecule has 12 aromatic rings. The van der Waals surface area contributed by atoms with Gasteiger partial charge in [-0.1, -0.05) is 140 Å². The third-order valence-electron chi connectivity index (χ3n) is 11.4. The summed E-state index contributed by atoms with van der Waals surface area (Å²) in [5, 5.41) is 14.2. The van der Waals surface area contributed by atoms with Crippen LogP contribution in [-0.4, -0.2) is 4.57 Å². The summed E-state index contributed by atoms with van der Waals surface area (Å²) < 4.78 is 7.64. The fraction of sp³-hybridized carbons (Fsp3) is 0. The number of fused-ring (bicyclic) bond motifs is 11. The highest BCUT2D eigenvalue weighted by Gasteiger charge is 2.21. The van der Waals surface area contributed by atoms with Crippen molar-refractivity contribution in [2.45, 2.75) is 0 Å². The maximum absolute atomic E-state index is 4.02. The summed E-state index contributed by atoms with van der Waals surface area (Å²) in [4.78, 5) is 0. The van der Waals surface area contributed by atoms with Crippen molar-refractivity contribution in [2.24, 2.45) is 0 Å². The number of thiophene rings is 2. The number of hydrogen-bond acceptors (Lipinski definition) is 3. The van der Waals surface area contributed by atoms with Gasteiger partial charge < -0.3 is 9.88 Å². The topological polar surface area (TPSA) is 17.0 Å². The lowest BCUT2D eigenvalue weighted by atomic mass is 9.95. The van der Waals surface area contributed by atoms with Crippen molar-refractivity contribution < 1.29 is 0 Å². The van der Waals surface area contributed by atoms with Gasteiger partial charge in [-0.05, 0) is 70.6 Å². The van der Waals surface area contributed by atoms with Crippen LogP contribution in [0.25, 0.3) is 101 Å². The molecule has 9 aromatic carbocycles. The first-order valence-corrected chi connectivity index (χ1v) is 20.6. The molecule has 0 aliphatic rings. The van der Waals surface area contributed by atoms with Crippen LogP contribution in [0.1, 0.15) is 0 Å². The van der Waals surface area contributed by atoms with Crippen LogP contribution >= 0.6 is 22.7 Å². The van der Waals surface area contributed by atoms with Crippen molar-refractivity contribution in [3.63, 3.8) is 0 Å². The summed E-state index contributed by atoms with van der Waals surface area (Å²) in [6.07, 6.45) is 0. The zero-order valence-electron chi connectivity index (χ0n) is 30.2. The lowest BCUT2D eigenvalue weighted by Gasteiger charge is -2.18. The van der Waals surface area contributed by atoms with Crippen molar-refractivity contribution in [1.82, 2.24) is 4.57 Å². The van der Waals surface area contributed by atoms with Crippen molar-refractivity contribution in [1.29, 1.82) is 0 Å². The van der Waals surface area contributed by atoms with Gasteiger partial charge in [0, 0.05) is 68.7 Å². The minimum absolute atomic E-state index is 1.10. The molecule has 262 valence electrons. The molecule has 0 atom stereocenters. The number of hydrogen-bond donors (Lipinski definition) is 1. The second-order valence-corrected chi connectivity index (χ2v) is 16.6. The van der Waals surface area contributed by atoms with E-state index in [4.69, 9.17) is 0 Å². The smallest absolute Gasteiger partial charge is 0.0619 e. The van der Waals surface area contributed by atoms with E-state index in [-0.39, 0.29) is 0 Å². The molecule has 0 amide bonds. The predicted octanol–water partition coefficient (Wildman–Crippen LogP) is 15.8. The Kier molecular flexibility index (Phi) is 7.00. The second kappa shape index (κ2) is 12.4. The van der Waals surface area contributed by atoms with Gasteiger partial charge >= 0.3 is 0 Å². The van der Waals surface area contributed by atoms with Crippen molar-refractivity contribution >= 4 is 107 Å². The molecule has 0 radical (unpaired) electrons. The number of nitrogens with zero attached hydrogens (tertiary/aromatic N) is 1. The van der Waals surface area contributed by atoms with E-state index >= 15 is 0 Å². The Morgan fingerprint density at radius 2 is 1.00 bits per heavy atom. The average Bonchev–Trinajstić information content (AvgIpc) is 3.94. The molecule has 0 saturated carbocycles. The van der Waals surface area contributed by atoms with E-state index in [0.717, 1.165) is 17.1 Å². The minimum atomic E-state index is 1.10. The molecule has 0 bridgehead atoms. The molecule has 12 rings (SSSR count). The lowest BCUT2D eigenvalue weighted by Crippen LogP contribution is -1.98. The van der Waals surface area contributed by atoms with E-state index in [9.17, 15) is 0 Å². The lowest BCUT2D eigenvalue weighted by molar-refractivity contribution is 1.19. The number of aromatic nitrogens is 1. The maximum atomic E-state index is 4.02. The van der Waals surface area contributed by atoms with Gasteiger partial charge in [-0.15, -0.1) is 22.7 Å². The summed E-state index contributed by atoms with van der Waals surface area (Å²) in [5.74, 6) is 0. The van der Waals surface area contributed by atoms with Gasteiger partial charge in [0.05, 0.1) is 21.4 Å². The van der Waals surface area contributed by atoms with Crippen LogP contribution in [0.5, 0.6) is 0 Å². The van der Waals surface area contributed by atoms with Gasteiger partial charge in [-0.25, -0.2) is 0 Å². The first-order valence-electron chi connectivity index (χ1n) is 19.0. The standard InChI is InChI=1S/C52H32N2S2/c1-2-13-32(14-3-1)34-29-35(31-36(30-34)54-46-22-9-6-17-38(46)41-26-25-33-15-4-5-16-37(33)50(41)54)49-44(28-27-43-40-19-8-11-24-48(40)56-52(43)49)53-45-21-12-20-42-39-18-7-10-23-47(39)55-51(42)45/h1-31,53H. The molecule has 0 saturated heterocycles. The monoisotopic (exact) mass is 748 g/mol. The second-order valence-electron chi connectivity index (χ2n) is 14.5. The third kappa shape index (κ3) is 4.80. The SMILES string of the molecule is c1ccc(-c2cc(-c3c(Nc4cccc5c4sc4ccccc45)ccc4c3sc3ccccc34)cc(-n3c4ccccc4c4ccc5ccccc5c43)c2)cc1. The number of para-hydroxylation sites is 1. The summed E-state index contributed by atoms with van der Waals surface area (Å²) in [5.41, 5.74) is 10.5. The Balaban J connectivity index is 1.18. The van der Waals surface area contributed by atoms with Crippen LogP contribution in [-0.2, 0) is 0 Å². The quantitative estimate of drug-likeness (QED) is 0.185. The highest BCUT2D eigenvalue weighted by atomic mass is 32.1. The fourth-order valence-electron chi connectivity index (χ4n) is 8.85. The molecular formula is C52H32N2S2. The van der Waals surface area contributed by atoms with Crippen molar-refractivity contribution in [3.8, 4) is 27.9 Å². The average molecular weight is 749 g/mol. The van der Waals surface area contributed by atoms with Gasteiger partial charge in [0.25, 0.3) is 0 Å².